The van der Waals surface area contributed by atoms with Gasteiger partial charge in [-0.1, -0.05) is 0 Å². The van der Waals surface area contributed by atoms with Crippen molar-refractivity contribution in [1.29, 1.82) is 0 Å². The first-order valence-electron chi connectivity index (χ1n) is 9.88. The molecule has 33 heavy (non-hydrogen) atoms. The zero-order chi connectivity index (χ0) is 24.7. The molecule has 2 N–H and O–H groups in total. The number of carbonyl (C=O) groups excluding carboxylic acids is 4. The lowest BCUT2D eigenvalue weighted by Gasteiger charge is -2.44. The zero-order valence-electron chi connectivity index (χ0n) is 18.4. The van der Waals surface area contributed by atoms with Gasteiger partial charge >= 0.3 is 29.8 Å². The molecule has 0 amide bonds. The summed E-state index contributed by atoms with van der Waals surface area (Å²) >= 11 is 0. The second kappa shape index (κ2) is 11.3. The van der Waals surface area contributed by atoms with Crippen molar-refractivity contribution in [3.05, 3.63) is 29.8 Å². The Kier molecular flexibility index (Phi) is 8.74. The lowest BCUT2D eigenvalue weighted by molar-refractivity contribution is -0.247. The Morgan fingerprint density at radius 1 is 0.818 bits per heavy atom. The van der Waals surface area contributed by atoms with E-state index in [9.17, 15) is 24.0 Å². The summed E-state index contributed by atoms with van der Waals surface area (Å²) in [4.78, 5) is 57.7. The minimum absolute atomic E-state index is 0.0436. The summed E-state index contributed by atoms with van der Waals surface area (Å²) in [5.41, 5.74) is 0.433. The van der Waals surface area contributed by atoms with Crippen LogP contribution in [0.1, 0.15) is 38.1 Å². The fourth-order valence-corrected chi connectivity index (χ4v) is 3.22. The van der Waals surface area contributed by atoms with Crippen LogP contribution in [0.2, 0.25) is 0 Å². The molecule has 0 aromatic heterocycles. The predicted octanol–water partition coefficient (Wildman–Crippen LogP) is 0.880. The summed E-state index contributed by atoms with van der Waals surface area (Å²) in [6.45, 7) is 4.21. The maximum absolute atomic E-state index is 11.8. The number of esters is 4. The summed E-state index contributed by atoms with van der Waals surface area (Å²) in [6, 6.07) is 5.60. The number of aromatic carboxylic acids is 1. The molecule has 1 saturated heterocycles. The summed E-state index contributed by atoms with van der Waals surface area (Å²) in [6.07, 6.45) is -6.09. The molecule has 1 heterocycles. The largest absolute Gasteiger partial charge is 0.478 e. The van der Waals surface area contributed by atoms with Gasteiger partial charge in [0.2, 0.25) is 0 Å². The monoisotopic (exact) mass is 467 g/mol. The maximum atomic E-state index is 11.8. The number of hydrogen-bond acceptors (Lipinski definition) is 11. The average molecular weight is 467 g/mol. The molecule has 0 radical (unpaired) electrons. The predicted molar refractivity (Wildman–Crippen MR) is 109 cm³/mol. The first kappa shape index (κ1) is 25.6. The van der Waals surface area contributed by atoms with Crippen LogP contribution >= 0.6 is 0 Å². The van der Waals surface area contributed by atoms with Gasteiger partial charge < -0.3 is 34.1 Å². The van der Waals surface area contributed by atoms with Crippen LogP contribution in [0.15, 0.2) is 24.3 Å². The van der Waals surface area contributed by atoms with E-state index in [1.165, 1.54) is 31.2 Å². The van der Waals surface area contributed by atoms with Crippen molar-refractivity contribution in [3.63, 3.8) is 0 Å². The van der Waals surface area contributed by atoms with Crippen LogP contribution in [0.5, 0.6) is 0 Å². The minimum atomic E-state index is -1.31. The Bertz CT molecular complexity index is 898. The first-order chi connectivity index (χ1) is 15.5. The third kappa shape index (κ3) is 7.45. The summed E-state index contributed by atoms with van der Waals surface area (Å²) < 4.78 is 26.9. The summed E-state index contributed by atoms with van der Waals surface area (Å²) in [5.74, 6) is -3.94. The number of rotatable bonds is 8. The van der Waals surface area contributed by atoms with E-state index in [1.807, 2.05) is 0 Å². The van der Waals surface area contributed by atoms with E-state index in [4.69, 9.17) is 28.8 Å². The van der Waals surface area contributed by atoms with E-state index in [2.05, 4.69) is 5.32 Å². The third-order valence-corrected chi connectivity index (χ3v) is 4.43. The van der Waals surface area contributed by atoms with Crippen molar-refractivity contribution in [2.75, 3.05) is 11.9 Å². The molecule has 0 bridgehead atoms. The van der Waals surface area contributed by atoms with Crippen LogP contribution in [-0.4, -0.2) is 72.2 Å². The Morgan fingerprint density at radius 2 is 1.33 bits per heavy atom. The smallest absolute Gasteiger partial charge is 0.335 e. The van der Waals surface area contributed by atoms with Crippen LogP contribution in [0, 0.1) is 0 Å². The molecule has 1 fully saturated rings. The quantitative estimate of drug-likeness (QED) is 0.410. The number of anilines is 1. The van der Waals surface area contributed by atoms with Gasteiger partial charge in [-0.05, 0) is 24.3 Å². The van der Waals surface area contributed by atoms with Crippen LogP contribution in [-0.2, 0) is 42.9 Å². The molecule has 2 rings (SSSR count). The van der Waals surface area contributed by atoms with Crippen LogP contribution < -0.4 is 5.32 Å². The molecule has 0 saturated carbocycles. The van der Waals surface area contributed by atoms with Gasteiger partial charge in [0, 0.05) is 33.4 Å². The molecule has 12 nitrogen and oxygen atoms in total. The molecule has 0 spiro atoms. The van der Waals surface area contributed by atoms with E-state index in [0.717, 1.165) is 20.8 Å². The second-order valence-corrected chi connectivity index (χ2v) is 7.15. The van der Waals surface area contributed by atoms with Crippen LogP contribution in [0.3, 0.4) is 0 Å². The highest BCUT2D eigenvalue weighted by Crippen LogP contribution is 2.30. The topological polar surface area (TPSA) is 164 Å². The molecule has 0 aliphatic carbocycles. The molecule has 1 aromatic carbocycles. The number of ether oxygens (including phenoxy) is 5. The van der Waals surface area contributed by atoms with Gasteiger partial charge in [0.1, 0.15) is 12.7 Å². The zero-order valence-corrected chi connectivity index (χ0v) is 18.4. The number of carbonyl (C=O) groups is 5. The van der Waals surface area contributed by atoms with Crippen molar-refractivity contribution >= 4 is 35.5 Å². The van der Waals surface area contributed by atoms with E-state index < -0.39 is 60.5 Å². The SMILES string of the molecule is CC(=O)OC[C@H]1O[C@@H](Nc2ccc(C(=O)O)cc2)[C@H](OC(C)=O)[C@@H](OC(C)=O)[C@H]1OC(C)=O. The van der Waals surface area contributed by atoms with E-state index in [1.54, 1.807) is 0 Å². The number of benzene rings is 1. The van der Waals surface area contributed by atoms with Crippen LogP contribution in [0.4, 0.5) is 5.69 Å². The van der Waals surface area contributed by atoms with Gasteiger partial charge in [0.05, 0.1) is 5.56 Å². The molecule has 1 aliphatic heterocycles. The molecule has 180 valence electrons. The number of hydrogen-bond donors (Lipinski definition) is 2. The van der Waals surface area contributed by atoms with Gasteiger partial charge in [-0.15, -0.1) is 0 Å². The number of nitrogens with one attached hydrogen (secondary N) is 1. The van der Waals surface area contributed by atoms with E-state index in [0.29, 0.717) is 5.69 Å². The van der Waals surface area contributed by atoms with E-state index in [-0.39, 0.29) is 12.2 Å². The van der Waals surface area contributed by atoms with Crippen molar-refractivity contribution in [3.8, 4) is 0 Å². The third-order valence-electron chi connectivity index (χ3n) is 4.43. The van der Waals surface area contributed by atoms with Crippen molar-refractivity contribution in [2.24, 2.45) is 0 Å². The normalized spacial score (nSPS) is 24.2. The molecule has 1 aromatic rings. The molecular formula is C21H25NO11. The Balaban J connectivity index is 2.43. The van der Waals surface area contributed by atoms with Crippen molar-refractivity contribution in [1.82, 2.24) is 0 Å². The highest BCUT2D eigenvalue weighted by Gasteiger charge is 2.52. The van der Waals surface area contributed by atoms with Crippen LogP contribution in [0.25, 0.3) is 0 Å². The molecular weight excluding hydrogens is 442 g/mol. The molecule has 1 aliphatic rings. The summed E-state index contributed by atoms with van der Waals surface area (Å²) in [7, 11) is 0. The lowest BCUT2D eigenvalue weighted by Crippen LogP contribution is -2.64. The average Bonchev–Trinajstić information content (AvgIpc) is 2.70. The Labute approximate surface area is 189 Å². The Hall–Kier alpha value is -3.67. The van der Waals surface area contributed by atoms with Gasteiger partial charge in [0.15, 0.2) is 24.5 Å². The van der Waals surface area contributed by atoms with Crippen molar-refractivity contribution < 1.29 is 52.8 Å². The van der Waals surface area contributed by atoms with Gasteiger partial charge in [0.25, 0.3) is 0 Å². The van der Waals surface area contributed by atoms with Crippen molar-refractivity contribution in [2.45, 2.75) is 58.3 Å². The standard InChI is InChI=1S/C21H25NO11/c1-10(23)29-9-16-17(30-11(2)24)18(31-12(3)25)19(32-13(4)26)20(33-16)22-15-7-5-14(6-8-15)21(27)28/h5-8,16-20,22H,9H2,1-4H3,(H,27,28)/t16-,17+,18+,19-,20-/m1/s1. The fourth-order valence-electron chi connectivity index (χ4n) is 3.22. The maximum Gasteiger partial charge on any atom is 0.335 e. The molecule has 0 unspecified atom stereocenters. The minimum Gasteiger partial charge on any atom is -0.478 e. The fraction of sp³-hybridized carbons (Fsp3) is 0.476. The van der Waals surface area contributed by atoms with Gasteiger partial charge in [-0.2, -0.15) is 0 Å². The molecule has 5 atom stereocenters. The molecule has 12 heteroatoms. The lowest BCUT2D eigenvalue weighted by atomic mass is 9.97. The van der Waals surface area contributed by atoms with Gasteiger partial charge in [-0.25, -0.2) is 4.79 Å². The highest BCUT2D eigenvalue weighted by molar-refractivity contribution is 5.88. The number of carboxylic acid groups (broad SMARTS) is 1. The van der Waals surface area contributed by atoms with Gasteiger partial charge in [-0.3, -0.25) is 19.2 Å². The number of carboxylic acids is 1. The first-order valence-corrected chi connectivity index (χ1v) is 9.88. The van der Waals surface area contributed by atoms with E-state index >= 15 is 0 Å². The second-order valence-electron chi connectivity index (χ2n) is 7.15. The summed E-state index contributed by atoms with van der Waals surface area (Å²) in [5, 5.41) is 12.0. The highest BCUT2D eigenvalue weighted by atomic mass is 16.7. The Morgan fingerprint density at radius 3 is 1.82 bits per heavy atom.